The normalized spacial score (nSPS) is 10.7. The van der Waals surface area contributed by atoms with E-state index >= 15 is 0 Å². The van der Waals surface area contributed by atoms with E-state index in [1.807, 2.05) is 13.0 Å². The summed E-state index contributed by atoms with van der Waals surface area (Å²) >= 11 is 0. The molecular weight excluding hydrogens is 396 g/mol. The fraction of sp³-hybridized carbons (Fsp3) is 0.120. The molecular formula is C25H20O6. The zero-order chi connectivity index (χ0) is 22.0. The summed E-state index contributed by atoms with van der Waals surface area (Å²) in [6, 6.07) is 18.8. The Balaban J connectivity index is 1.90. The van der Waals surface area contributed by atoms with Crippen molar-refractivity contribution in [3.05, 3.63) is 88.1 Å². The van der Waals surface area contributed by atoms with Crippen LogP contribution in [0.5, 0.6) is 17.2 Å². The number of hydrogen-bond donors (Lipinski definition) is 0. The van der Waals surface area contributed by atoms with Gasteiger partial charge in [-0.15, -0.1) is 0 Å². The van der Waals surface area contributed by atoms with Crippen molar-refractivity contribution in [3.63, 3.8) is 0 Å². The third-order valence-electron chi connectivity index (χ3n) is 4.85. The van der Waals surface area contributed by atoms with Gasteiger partial charge in [0.2, 0.25) is 11.2 Å². The average molecular weight is 416 g/mol. The van der Waals surface area contributed by atoms with Crippen molar-refractivity contribution in [1.29, 1.82) is 0 Å². The molecule has 0 radical (unpaired) electrons. The highest BCUT2D eigenvalue weighted by Gasteiger charge is 2.22. The Morgan fingerprint density at radius 3 is 2.39 bits per heavy atom. The molecule has 0 unspecified atom stereocenters. The summed E-state index contributed by atoms with van der Waals surface area (Å²) in [5, 5.41) is 0.318. The summed E-state index contributed by atoms with van der Waals surface area (Å²) in [5.41, 5.74) is 1.69. The number of rotatable bonds is 5. The molecule has 0 spiro atoms. The second-order valence-electron chi connectivity index (χ2n) is 6.91. The molecule has 1 aromatic heterocycles. The maximum absolute atomic E-state index is 13.2. The van der Waals surface area contributed by atoms with Crippen LogP contribution in [0.1, 0.15) is 15.9 Å². The molecule has 6 nitrogen and oxygen atoms in total. The van der Waals surface area contributed by atoms with E-state index in [2.05, 4.69) is 0 Å². The van der Waals surface area contributed by atoms with Crippen LogP contribution in [0.2, 0.25) is 0 Å². The minimum absolute atomic E-state index is 0.130. The number of benzene rings is 3. The number of fused-ring (bicyclic) bond motifs is 1. The van der Waals surface area contributed by atoms with Gasteiger partial charge >= 0.3 is 5.97 Å². The van der Waals surface area contributed by atoms with E-state index in [9.17, 15) is 9.59 Å². The number of para-hydroxylation sites is 1. The first kappa shape index (κ1) is 20.2. The van der Waals surface area contributed by atoms with Gasteiger partial charge in [-0.05, 0) is 49.4 Å². The first-order valence-corrected chi connectivity index (χ1v) is 9.59. The number of carbonyl (C=O) groups is 1. The summed E-state index contributed by atoms with van der Waals surface area (Å²) in [4.78, 5) is 26.1. The van der Waals surface area contributed by atoms with E-state index in [0.29, 0.717) is 33.6 Å². The lowest BCUT2D eigenvalue weighted by molar-refractivity contribution is 0.0731. The highest BCUT2D eigenvalue weighted by atomic mass is 16.5. The zero-order valence-corrected chi connectivity index (χ0v) is 17.3. The van der Waals surface area contributed by atoms with Crippen LogP contribution in [-0.4, -0.2) is 20.2 Å². The topological polar surface area (TPSA) is 75.0 Å². The number of methoxy groups -OCH3 is 2. The molecule has 4 aromatic rings. The van der Waals surface area contributed by atoms with Gasteiger partial charge in [0.05, 0.1) is 25.2 Å². The van der Waals surface area contributed by atoms with Crippen LogP contribution in [0.15, 0.2) is 75.9 Å². The first-order valence-electron chi connectivity index (χ1n) is 9.59. The van der Waals surface area contributed by atoms with Gasteiger partial charge in [-0.3, -0.25) is 4.79 Å². The minimum atomic E-state index is -0.645. The quantitative estimate of drug-likeness (QED) is 0.426. The first-order chi connectivity index (χ1) is 15.0. The van der Waals surface area contributed by atoms with Gasteiger partial charge in [-0.25, -0.2) is 4.79 Å². The van der Waals surface area contributed by atoms with Crippen LogP contribution in [0.4, 0.5) is 0 Å². The van der Waals surface area contributed by atoms with E-state index < -0.39 is 11.4 Å². The second-order valence-corrected chi connectivity index (χ2v) is 6.91. The summed E-state index contributed by atoms with van der Waals surface area (Å²) < 4.78 is 22.3. The second kappa shape index (κ2) is 8.36. The summed E-state index contributed by atoms with van der Waals surface area (Å²) in [6.45, 7) is 1.87. The molecule has 0 amide bonds. The smallest absolute Gasteiger partial charge is 0.343 e. The number of aryl methyl sites for hydroxylation is 1. The summed E-state index contributed by atoms with van der Waals surface area (Å²) in [7, 11) is 3.04. The van der Waals surface area contributed by atoms with E-state index in [1.165, 1.54) is 14.2 Å². The van der Waals surface area contributed by atoms with E-state index in [0.717, 1.165) is 5.56 Å². The maximum Gasteiger partial charge on any atom is 0.343 e. The van der Waals surface area contributed by atoms with Gasteiger partial charge in [0.1, 0.15) is 5.58 Å². The van der Waals surface area contributed by atoms with Crippen molar-refractivity contribution in [2.75, 3.05) is 14.2 Å². The van der Waals surface area contributed by atoms with Crippen molar-refractivity contribution in [1.82, 2.24) is 0 Å². The number of hydrogen-bond acceptors (Lipinski definition) is 6. The van der Waals surface area contributed by atoms with Gasteiger partial charge in [0, 0.05) is 5.56 Å². The molecule has 3 aromatic carbocycles. The van der Waals surface area contributed by atoms with Crippen molar-refractivity contribution in [2.45, 2.75) is 6.92 Å². The van der Waals surface area contributed by atoms with Crippen LogP contribution in [0.3, 0.4) is 0 Å². The molecule has 0 atom stereocenters. The predicted molar refractivity (Wildman–Crippen MR) is 117 cm³/mol. The molecule has 0 bridgehead atoms. The third-order valence-corrected chi connectivity index (χ3v) is 4.85. The van der Waals surface area contributed by atoms with Crippen LogP contribution in [0, 0.1) is 6.92 Å². The molecule has 0 aliphatic carbocycles. The highest BCUT2D eigenvalue weighted by Crippen LogP contribution is 2.36. The largest absolute Gasteiger partial charge is 0.493 e. The fourth-order valence-electron chi connectivity index (χ4n) is 3.31. The SMILES string of the molecule is COc1ccc(-c2oc3ccccc3c(=O)c2OC(=O)c2cccc(C)c2)cc1OC. The Hall–Kier alpha value is -4.06. The van der Waals surface area contributed by atoms with Gasteiger partial charge in [-0.2, -0.15) is 0 Å². The molecule has 0 aliphatic heterocycles. The van der Waals surface area contributed by atoms with Gasteiger partial charge in [0.15, 0.2) is 17.3 Å². The molecule has 0 saturated heterocycles. The number of ether oxygens (including phenoxy) is 3. The maximum atomic E-state index is 13.2. The molecule has 0 aliphatic rings. The Kier molecular flexibility index (Phi) is 5.45. The number of esters is 1. The molecule has 6 heteroatoms. The Morgan fingerprint density at radius 2 is 1.65 bits per heavy atom. The lowest BCUT2D eigenvalue weighted by Gasteiger charge is -2.13. The molecule has 31 heavy (non-hydrogen) atoms. The summed E-state index contributed by atoms with van der Waals surface area (Å²) in [5.74, 6) is 0.274. The molecule has 0 saturated carbocycles. The molecule has 0 fully saturated rings. The lowest BCUT2D eigenvalue weighted by Crippen LogP contribution is -2.16. The molecule has 0 N–H and O–H groups in total. The van der Waals surface area contributed by atoms with Gasteiger partial charge in [-0.1, -0.05) is 29.8 Å². The van der Waals surface area contributed by atoms with E-state index in [-0.39, 0.29) is 11.5 Å². The standard InChI is InChI=1S/C25H20O6/c1-15-7-6-8-17(13-15)25(27)31-24-22(26)18-9-4-5-10-19(18)30-23(24)16-11-12-20(28-2)21(14-16)29-3/h4-14H,1-3H3. The lowest BCUT2D eigenvalue weighted by atomic mass is 10.1. The van der Waals surface area contributed by atoms with Crippen molar-refractivity contribution in [3.8, 4) is 28.6 Å². The van der Waals surface area contributed by atoms with E-state index in [1.54, 1.807) is 60.7 Å². The zero-order valence-electron chi connectivity index (χ0n) is 17.3. The number of carbonyl (C=O) groups excluding carboxylic acids is 1. The van der Waals surface area contributed by atoms with Gasteiger partial charge in [0.25, 0.3) is 0 Å². The third kappa shape index (κ3) is 3.88. The van der Waals surface area contributed by atoms with Crippen LogP contribution >= 0.6 is 0 Å². The van der Waals surface area contributed by atoms with Crippen LogP contribution in [-0.2, 0) is 0 Å². The van der Waals surface area contributed by atoms with Gasteiger partial charge < -0.3 is 18.6 Å². The van der Waals surface area contributed by atoms with Crippen molar-refractivity contribution < 1.29 is 23.4 Å². The molecule has 1 heterocycles. The van der Waals surface area contributed by atoms with Crippen molar-refractivity contribution >= 4 is 16.9 Å². The van der Waals surface area contributed by atoms with Crippen LogP contribution < -0.4 is 19.6 Å². The Bertz CT molecular complexity index is 1340. The van der Waals surface area contributed by atoms with Crippen molar-refractivity contribution in [2.24, 2.45) is 0 Å². The van der Waals surface area contributed by atoms with Crippen LogP contribution in [0.25, 0.3) is 22.3 Å². The predicted octanol–water partition coefficient (Wildman–Crippen LogP) is 5.00. The van der Waals surface area contributed by atoms with E-state index in [4.69, 9.17) is 18.6 Å². The minimum Gasteiger partial charge on any atom is -0.493 e. The molecule has 4 rings (SSSR count). The Morgan fingerprint density at radius 1 is 0.871 bits per heavy atom. The Labute approximate surface area is 178 Å². The fourth-order valence-corrected chi connectivity index (χ4v) is 3.31. The molecule has 156 valence electrons. The highest BCUT2D eigenvalue weighted by molar-refractivity contribution is 5.93. The monoisotopic (exact) mass is 416 g/mol. The summed E-state index contributed by atoms with van der Waals surface area (Å²) in [6.07, 6.45) is 0. The average Bonchev–Trinajstić information content (AvgIpc) is 2.80.